The van der Waals surface area contributed by atoms with E-state index in [0.717, 1.165) is 11.8 Å². The molecule has 0 saturated heterocycles. The third-order valence-electron chi connectivity index (χ3n) is 2.95. The standard InChI is InChI=1S/C10H13NS/c1-2-7(1)9-5-8-3-4-12-10(8)11-6-9/h3-5,7,9-11H,1-2,6H2. The number of hydrogen-bond acceptors (Lipinski definition) is 2. The predicted octanol–water partition coefficient (Wildman–Crippen LogP) is 2.13. The molecule has 2 unspecified atom stereocenters. The van der Waals surface area contributed by atoms with Crippen molar-refractivity contribution in [2.24, 2.45) is 11.8 Å². The molecule has 12 heavy (non-hydrogen) atoms. The molecule has 3 rings (SSSR count). The van der Waals surface area contributed by atoms with Crippen LogP contribution in [0.5, 0.6) is 0 Å². The number of fused-ring (bicyclic) bond motifs is 1. The van der Waals surface area contributed by atoms with Crippen molar-refractivity contribution in [2.45, 2.75) is 18.2 Å². The fraction of sp³-hybridized carbons (Fsp3) is 0.600. The van der Waals surface area contributed by atoms with E-state index >= 15 is 0 Å². The fourth-order valence-electron chi connectivity index (χ4n) is 2.05. The lowest BCUT2D eigenvalue weighted by atomic mass is 9.97. The lowest BCUT2D eigenvalue weighted by molar-refractivity contribution is 0.487. The van der Waals surface area contributed by atoms with E-state index in [2.05, 4.69) is 22.9 Å². The fourth-order valence-corrected chi connectivity index (χ4v) is 2.95. The van der Waals surface area contributed by atoms with Gasteiger partial charge >= 0.3 is 0 Å². The molecule has 1 nitrogen and oxygen atoms in total. The molecule has 2 heteroatoms. The molecule has 1 N–H and O–H groups in total. The first kappa shape index (κ1) is 7.22. The average molecular weight is 179 g/mol. The molecule has 0 radical (unpaired) electrons. The second-order valence-electron chi connectivity index (χ2n) is 3.90. The van der Waals surface area contributed by atoms with E-state index in [0.29, 0.717) is 5.37 Å². The lowest BCUT2D eigenvalue weighted by Gasteiger charge is -2.24. The van der Waals surface area contributed by atoms with Gasteiger partial charge in [0.15, 0.2) is 0 Å². The van der Waals surface area contributed by atoms with Crippen LogP contribution in [0.4, 0.5) is 0 Å². The van der Waals surface area contributed by atoms with Crippen LogP contribution in [0.15, 0.2) is 23.1 Å². The molecule has 0 aromatic heterocycles. The van der Waals surface area contributed by atoms with Gasteiger partial charge in [-0.25, -0.2) is 0 Å². The zero-order chi connectivity index (χ0) is 7.97. The molecule has 2 heterocycles. The van der Waals surface area contributed by atoms with Crippen molar-refractivity contribution in [3.05, 3.63) is 23.1 Å². The summed E-state index contributed by atoms with van der Waals surface area (Å²) < 4.78 is 0. The SMILES string of the molecule is C1=CC2=CC(C3CC3)CNC2S1. The van der Waals surface area contributed by atoms with Crippen LogP contribution in [-0.2, 0) is 0 Å². The summed E-state index contributed by atoms with van der Waals surface area (Å²) in [5.41, 5.74) is 1.52. The summed E-state index contributed by atoms with van der Waals surface area (Å²) in [5.74, 6) is 1.84. The highest BCUT2D eigenvalue weighted by molar-refractivity contribution is 8.03. The van der Waals surface area contributed by atoms with E-state index in [-0.39, 0.29) is 0 Å². The summed E-state index contributed by atoms with van der Waals surface area (Å²) in [4.78, 5) is 0. The van der Waals surface area contributed by atoms with Gasteiger partial charge in [0.1, 0.15) is 0 Å². The van der Waals surface area contributed by atoms with Crippen LogP contribution < -0.4 is 5.32 Å². The minimum atomic E-state index is 0.583. The van der Waals surface area contributed by atoms with Gasteiger partial charge in [-0.05, 0) is 35.7 Å². The van der Waals surface area contributed by atoms with Gasteiger partial charge in [-0.2, -0.15) is 0 Å². The predicted molar refractivity (Wildman–Crippen MR) is 52.8 cm³/mol. The molecule has 64 valence electrons. The van der Waals surface area contributed by atoms with E-state index in [1.165, 1.54) is 25.0 Å². The first-order valence-electron chi connectivity index (χ1n) is 4.70. The molecule has 1 aliphatic carbocycles. The highest BCUT2D eigenvalue weighted by Gasteiger charge is 2.33. The Morgan fingerprint density at radius 2 is 2.33 bits per heavy atom. The quantitative estimate of drug-likeness (QED) is 0.662. The van der Waals surface area contributed by atoms with Crippen LogP contribution in [0.3, 0.4) is 0 Å². The van der Waals surface area contributed by atoms with Crippen molar-refractivity contribution < 1.29 is 0 Å². The summed E-state index contributed by atoms with van der Waals surface area (Å²) in [6.07, 6.45) is 7.67. The van der Waals surface area contributed by atoms with Gasteiger partial charge in [0, 0.05) is 6.54 Å². The van der Waals surface area contributed by atoms with E-state index in [1.54, 1.807) is 0 Å². The highest BCUT2D eigenvalue weighted by Crippen LogP contribution is 2.41. The zero-order valence-corrected chi connectivity index (χ0v) is 7.81. The van der Waals surface area contributed by atoms with Crippen molar-refractivity contribution in [1.82, 2.24) is 5.32 Å². The van der Waals surface area contributed by atoms with Gasteiger partial charge in [-0.15, -0.1) is 11.8 Å². The van der Waals surface area contributed by atoms with Gasteiger partial charge in [0.2, 0.25) is 0 Å². The van der Waals surface area contributed by atoms with Gasteiger partial charge in [-0.3, -0.25) is 0 Å². The summed E-state index contributed by atoms with van der Waals surface area (Å²) in [5, 5.41) is 6.38. The molecule has 2 atom stereocenters. The Balaban J connectivity index is 1.83. The largest absolute Gasteiger partial charge is 0.301 e. The second-order valence-corrected chi connectivity index (χ2v) is 4.91. The summed E-state index contributed by atoms with van der Waals surface area (Å²) in [6.45, 7) is 1.20. The van der Waals surface area contributed by atoms with E-state index in [4.69, 9.17) is 0 Å². The monoisotopic (exact) mass is 179 g/mol. The molecular formula is C10H13NS. The molecule has 3 aliphatic rings. The van der Waals surface area contributed by atoms with Crippen LogP contribution in [0, 0.1) is 11.8 Å². The summed E-state index contributed by atoms with van der Waals surface area (Å²) in [7, 11) is 0. The Bertz CT molecular complexity index is 253. The van der Waals surface area contributed by atoms with Crippen molar-refractivity contribution in [3.63, 3.8) is 0 Å². The molecule has 0 aromatic carbocycles. The summed E-state index contributed by atoms with van der Waals surface area (Å²) in [6, 6.07) is 0. The van der Waals surface area contributed by atoms with Crippen molar-refractivity contribution in [1.29, 1.82) is 0 Å². The van der Waals surface area contributed by atoms with Crippen molar-refractivity contribution in [3.8, 4) is 0 Å². The maximum Gasteiger partial charge on any atom is 0.0827 e. The number of thioether (sulfide) groups is 1. The first-order valence-corrected chi connectivity index (χ1v) is 5.65. The highest BCUT2D eigenvalue weighted by atomic mass is 32.2. The molecule has 0 bridgehead atoms. The van der Waals surface area contributed by atoms with Crippen LogP contribution in [0.25, 0.3) is 0 Å². The Labute approximate surface area is 77.3 Å². The Morgan fingerprint density at radius 1 is 1.42 bits per heavy atom. The topological polar surface area (TPSA) is 12.0 Å². The van der Waals surface area contributed by atoms with E-state index in [1.807, 2.05) is 11.8 Å². The lowest BCUT2D eigenvalue weighted by Crippen LogP contribution is -2.35. The zero-order valence-electron chi connectivity index (χ0n) is 6.99. The molecule has 1 fully saturated rings. The van der Waals surface area contributed by atoms with Crippen LogP contribution in [0.1, 0.15) is 12.8 Å². The van der Waals surface area contributed by atoms with Gasteiger partial charge in [0.05, 0.1) is 5.37 Å². The first-order chi connectivity index (χ1) is 5.93. The van der Waals surface area contributed by atoms with E-state index in [9.17, 15) is 0 Å². The minimum absolute atomic E-state index is 0.583. The second kappa shape index (κ2) is 2.64. The number of nitrogens with one attached hydrogen (secondary N) is 1. The van der Waals surface area contributed by atoms with Gasteiger partial charge in [0.25, 0.3) is 0 Å². The molecular weight excluding hydrogens is 166 g/mol. The van der Waals surface area contributed by atoms with Gasteiger partial charge in [-0.1, -0.05) is 12.2 Å². The van der Waals surface area contributed by atoms with Crippen LogP contribution in [-0.4, -0.2) is 11.9 Å². The molecule has 2 aliphatic heterocycles. The third kappa shape index (κ3) is 1.14. The van der Waals surface area contributed by atoms with Crippen LogP contribution >= 0.6 is 11.8 Å². The number of hydrogen-bond donors (Lipinski definition) is 1. The minimum Gasteiger partial charge on any atom is -0.301 e. The normalized spacial score (nSPS) is 39.5. The Kier molecular flexibility index (Phi) is 1.59. The summed E-state index contributed by atoms with van der Waals surface area (Å²) >= 11 is 1.90. The molecule has 0 spiro atoms. The molecule has 0 aromatic rings. The van der Waals surface area contributed by atoms with E-state index < -0.39 is 0 Å². The molecule has 1 saturated carbocycles. The van der Waals surface area contributed by atoms with Crippen molar-refractivity contribution >= 4 is 11.8 Å². The van der Waals surface area contributed by atoms with Crippen molar-refractivity contribution in [2.75, 3.05) is 6.54 Å². The Morgan fingerprint density at radius 3 is 3.17 bits per heavy atom. The van der Waals surface area contributed by atoms with Crippen LogP contribution in [0.2, 0.25) is 0 Å². The third-order valence-corrected chi connectivity index (χ3v) is 3.96. The molecule has 0 amide bonds. The maximum absolute atomic E-state index is 3.58. The Hall–Kier alpha value is -0.210. The smallest absolute Gasteiger partial charge is 0.0827 e. The maximum atomic E-state index is 3.58. The number of rotatable bonds is 1. The average Bonchev–Trinajstić information content (AvgIpc) is 2.84. The van der Waals surface area contributed by atoms with Gasteiger partial charge < -0.3 is 5.32 Å².